The first-order valence-corrected chi connectivity index (χ1v) is 9.92. The fraction of sp³-hybridized carbons (Fsp3) is 0.682. The van der Waals surface area contributed by atoms with Crippen LogP contribution in [0.15, 0.2) is 24.3 Å². The zero-order valence-corrected chi connectivity index (χ0v) is 16.7. The fourth-order valence-corrected chi connectivity index (χ4v) is 4.57. The summed E-state index contributed by atoms with van der Waals surface area (Å²) in [6, 6.07) is 8.98. The van der Waals surface area contributed by atoms with E-state index in [9.17, 15) is 4.79 Å². The van der Waals surface area contributed by atoms with E-state index in [4.69, 9.17) is 9.47 Å². The van der Waals surface area contributed by atoms with Crippen LogP contribution in [0.25, 0.3) is 0 Å². The second-order valence-electron chi connectivity index (χ2n) is 8.56. The quantitative estimate of drug-likeness (QED) is 0.744. The van der Waals surface area contributed by atoms with E-state index in [1.54, 1.807) is 0 Å². The van der Waals surface area contributed by atoms with Gasteiger partial charge in [0.1, 0.15) is 5.54 Å². The standard InChI is InChI=1S/C22H33NO3/c1-5-26-19(24)20(2,3)23-16-17-6-8-18(9-7-17)21-10-13-22(25-4,14-11-21)15-12-21/h6-9,23H,5,10-16H2,1-4H3. The second kappa shape index (κ2) is 7.32. The number of benzene rings is 1. The highest BCUT2D eigenvalue weighted by Crippen LogP contribution is 2.54. The molecular formula is C22H33NO3. The maximum Gasteiger partial charge on any atom is 0.325 e. The van der Waals surface area contributed by atoms with E-state index in [1.807, 2.05) is 27.9 Å². The van der Waals surface area contributed by atoms with Crippen molar-refractivity contribution in [1.82, 2.24) is 5.32 Å². The van der Waals surface area contributed by atoms with Crippen molar-refractivity contribution in [1.29, 1.82) is 0 Å². The topological polar surface area (TPSA) is 47.6 Å². The Kier molecular flexibility index (Phi) is 5.45. The summed E-state index contributed by atoms with van der Waals surface area (Å²) in [6.07, 6.45) is 7.23. The van der Waals surface area contributed by atoms with E-state index in [0.29, 0.717) is 18.6 Å². The van der Waals surface area contributed by atoms with Crippen LogP contribution in [0, 0.1) is 0 Å². The van der Waals surface area contributed by atoms with Gasteiger partial charge >= 0.3 is 5.97 Å². The number of ether oxygens (including phenoxy) is 2. The molecule has 1 aromatic rings. The predicted octanol–water partition coefficient (Wildman–Crippen LogP) is 4.11. The van der Waals surface area contributed by atoms with Crippen molar-refractivity contribution < 1.29 is 14.3 Å². The fourth-order valence-electron chi connectivity index (χ4n) is 4.57. The monoisotopic (exact) mass is 359 g/mol. The Bertz CT molecular complexity index is 611. The number of rotatable bonds is 7. The van der Waals surface area contributed by atoms with Crippen LogP contribution in [0.4, 0.5) is 0 Å². The third-order valence-corrected chi connectivity index (χ3v) is 6.70. The lowest BCUT2D eigenvalue weighted by Crippen LogP contribution is -2.49. The Morgan fingerprint density at radius 2 is 1.65 bits per heavy atom. The van der Waals surface area contributed by atoms with Gasteiger partial charge in [-0.3, -0.25) is 10.1 Å². The Labute approximate surface area is 157 Å². The lowest BCUT2D eigenvalue weighted by atomic mass is 9.56. The highest BCUT2D eigenvalue weighted by atomic mass is 16.5. The molecule has 26 heavy (non-hydrogen) atoms. The summed E-state index contributed by atoms with van der Waals surface area (Å²) in [5.41, 5.74) is 2.49. The number of carbonyl (C=O) groups excluding carboxylic acids is 1. The van der Waals surface area contributed by atoms with E-state index in [1.165, 1.54) is 49.7 Å². The van der Waals surface area contributed by atoms with Crippen LogP contribution in [0.3, 0.4) is 0 Å². The molecule has 0 spiro atoms. The Hall–Kier alpha value is -1.39. The summed E-state index contributed by atoms with van der Waals surface area (Å²) >= 11 is 0. The normalized spacial score (nSPS) is 28.2. The van der Waals surface area contributed by atoms with Gasteiger partial charge in [0.15, 0.2) is 0 Å². The first-order valence-electron chi connectivity index (χ1n) is 9.92. The zero-order chi connectivity index (χ0) is 18.8. The SMILES string of the molecule is CCOC(=O)C(C)(C)NCc1ccc(C23CCC(OC)(CC2)CC3)cc1. The van der Waals surface area contributed by atoms with Crippen molar-refractivity contribution in [3.05, 3.63) is 35.4 Å². The van der Waals surface area contributed by atoms with Crippen molar-refractivity contribution in [3.8, 4) is 0 Å². The van der Waals surface area contributed by atoms with Crippen molar-refractivity contribution in [2.24, 2.45) is 0 Å². The Balaban J connectivity index is 1.62. The molecule has 0 aliphatic heterocycles. The molecule has 0 radical (unpaired) electrons. The minimum absolute atomic E-state index is 0.157. The molecule has 4 heteroatoms. The Morgan fingerprint density at radius 1 is 1.08 bits per heavy atom. The van der Waals surface area contributed by atoms with E-state index in [-0.39, 0.29) is 11.6 Å². The summed E-state index contributed by atoms with van der Waals surface area (Å²) in [6.45, 7) is 6.63. The van der Waals surface area contributed by atoms with Crippen LogP contribution < -0.4 is 5.32 Å². The molecule has 3 saturated carbocycles. The van der Waals surface area contributed by atoms with Gasteiger partial charge < -0.3 is 9.47 Å². The van der Waals surface area contributed by atoms with Gasteiger partial charge in [-0.15, -0.1) is 0 Å². The maximum absolute atomic E-state index is 12.0. The highest BCUT2D eigenvalue weighted by molar-refractivity contribution is 5.79. The lowest BCUT2D eigenvalue weighted by molar-refractivity contribution is -0.149. The molecule has 4 rings (SSSR count). The number of nitrogens with one attached hydrogen (secondary N) is 1. The number of hydrogen-bond donors (Lipinski definition) is 1. The largest absolute Gasteiger partial charge is 0.465 e. The maximum atomic E-state index is 12.0. The lowest BCUT2D eigenvalue weighted by Gasteiger charge is -2.53. The number of hydrogen-bond acceptors (Lipinski definition) is 4. The molecule has 0 aromatic heterocycles. The molecule has 0 amide bonds. The molecule has 4 nitrogen and oxygen atoms in total. The molecule has 3 fully saturated rings. The molecule has 3 aliphatic carbocycles. The van der Waals surface area contributed by atoms with Gasteiger partial charge in [-0.2, -0.15) is 0 Å². The highest BCUT2D eigenvalue weighted by Gasteiger charge is 2.49. The summed E-state index contributed by atoms with van der Waals surface area (Å²) in [4.78, 5) is 12.0. The summed E-state index contributed by atoms with van der Waals surface area (Å²) in [5.74, 6) is -0.207. The molecule has 0 saturated heterocycles. The van der Waals surface area contributed by atoms with Gasteiger partial charge in [0.2, 0.25) is 0 Å². The third kappa shape index (κ3) is 3.67. The Morgan fingerprint density at radius 3 is 2.15 bits per heavy atom. The van der Waals surface area contributed by atoms with E-state index < -0.39 is 5.54 Å². The second-order valence-corrected chi connectivity index (χ2v) is 8.56. The first-order chi connectivity index (χ1) is 12.3. The van der Waals surface area contributed by atoms with Crippen LogP contribution >= 0.6 is 0 Å². The minimum Gasteiger partial charge on any atom is -0.465 e. The third-order valence-electron chi connectivity index (χ3n) is 6.70. The number of esters is 1. The molecule has 1 aromatic carbocycles. The molecule has 3 aliphatic rings. The summed E-state index contributed by atoms with van der Waals surface area (Å²) in [7, 11) is 1.87. The van der Waals surface area contributed by atoms with Gasteiger partial charge in [-0.25, -0.2) is 0 Å². The van der Waals surface area contributed by atoms with Gasteiger partial charge in [-0.05, 0) is 75.8 Å². The van der Waals surface area contributed by atoms with Gasteiger partial charge in [-0.1, -0.05) is 24.3 Å². The number of fused-ring (bicyclic) bond motifs is 3. The average molecular weight is 360 g/mol. The smallest absolute Gasteiger partial charge is 0.325 e. The van der Waals surface area contributed by atoms with Crippen LogP contribution in [0.5, 0.6) is 0 Å². The van der Waals surface area contributed by atoms with Crippen molar-refractivity contribution >= 4 is 5.97 Å². The summed E-state index contributed by atoms with van der Waals surface area (Å²) in [5, 5.41) is 3.31. The molecule has 144 valence electrons. The van der Waals surface area contributed by atoms with E-state index in [2.05, 4.69) is 29.6 Å². The zero-order valence-electron chi connectivity index (χ0n) is 16.7. The van der Waals surface area contributed by atoms with Gasteiger partial charge in [0.05, 0.1) is 12.2 Å². The molecule has 0 atom stereocenters. The van der Waals surface area contributed by atoms with Crippen molar-refractivity contribution in [2.75, 3.05) is 13.7 Å². The van der Waals surface area contributed by atoms with Crippen molar-refractivity contribution in [2.45, 2.75) is 82.4 Å². The van der Waals surface area contributed by atoms with Crippen molar-refractivity contribution in [3.63, 3.8) is 0 Å². The predicted molar refractivity (Wildman–Crippen MR) is 103 cm³/mol. The van der Waals surface area contributed by atoms with Gasteiger partial charge in [0.25, 0.3) is 0 Å². The number of methoxy groups -OCH3 is 1. The van der Waals surface area contributed by atoms with E-state index in [0.717, 1.165) is 0 Å². The molecule has 2 bridgehead atoms. The summed E-state index contributed by atoms with van der Waals surface area (Å²) < 4.78 is 11.0. The van der Waals surface area contributed by atoms with Crippen LogP contribution in [0.2, 0.25) is 0 Å². The van der Waals surface area contributed by atoms with Crippen LogP contribution in [0.1, 0.15) is 70.4 Å². The minimum atomic E-state index is -0.677. The number of carbonyl (C=O) groups is 1. The van der Waals surface area contributed by atoms with Crippen LogP contribution in [-0.4, -0.2) is 30.8 Å². The molecule has 1 N–H and O–H groups in total. The molecule has 0 unspecified atom stereocenters. The first kappa shape index (κ1) is 19.4. The molecule has 0 heterocycles. The molecular weight excluding hydrogens is 326 g/mol. The van der Waals surface area contributed by atoms with E-state index >= 15 is 0 Å². The van der Waals surface area contributed by atoms with Crippen LogP contribution in [-0.2, 0) is 26.2 Å². The van der Waals surface area contributed by atoms with Gasteiger partial charge in [0, 0.05) is 13.7 Å². The average Bonchev–Trinajstić information content (AvgIpc) is 2.68.